The first-order valence-corrected chi connectivity index (χ1v) is 8.85. The molecule has 1 aliphatic rings. The fraction of sp³-hybridized carbons (Fsp3) is 0.389. The first-order valence-electron chi connectivity index (χ1n) is 8.85. The fourth-order valence-electron chi connectivity index (χ4n) is 3.19. The number of fused-ring (bicyclic) bond motifs is 1. The highest BCUT2D eigenvalue weighted by molar-refractivity contribution is 5.93. The average Bonchev–Trinajstić information content (AvgIpc) is 3.26. The number of pyridine rings is 1. The second-order valence-electron chi connectivity index (χ2n) is 6.39. The van der Waals surface area contributed by atoms with E-state index in [0.29, 0.717) is 25.2 Å². The number of carbonyl (C=O) groups excluding carboxylic acids is 1. The number of amides is 1. The third-order valence-corrected chi connectivity index (χ3v) is 4.65. The lowest BCUT2D eigenvalue weighted by molar-refractivity contribution is 0.0743. The molecule has 134 valence electrons. The van der Waals surface area contributed by atoms with Crippen LogP contribution in [-0.2, 0) is 26.1 Å². The van der Waals surface area contributed by atoms with E-state index in [1.165, 1.54) is 0 Å². The predicted molar refractivity (Wildman–Crippen MR) is 94.3 cm³/mol. The molecular weight excluding hydrogens is 330 g/mol. The van der Waals surface area contributed by atoms with Gasteiger partial charge in [-0.15, -0.1) is 10.2 Å². The molecule has 0 aromatic carbocycles. The Hall–Kier alpha value is -3.03. The summed E-state index contributed by atoms with van der Waals surface area (Å²) in [7, 11) is 0. The standard InChI is InChI=1S/C18H21N7O/c1-2-15-5-4-14(10-20-15)18(26)24-7-3-8-25-16(21-22-17(25)12-24)11-23-9-6-19-13-23/h4-6,9-10,13H,2-3,7-8,11-12H2,1H3. The van der Waals surface area contributed by atoms with Gasteiger partial charge in [0.15, 0.2) is 11.6 Å². The Morgan fingerprint density at radius 3 is 2.88 bits per heavy atom. The van der Waals surface area contributed by atoms with E-state index in [4.69, 9.17) is 0 Å². The minimum Gasteiger partial charge on any atom is -0.331 e. The van der Waals surface area contributed by atoms with Crippen LogP contribution in [-0.4, -0.2) is 46.7 Å². The lowest BCUT2D eigenvalue weighted by atomic mass is 10.2. The van der Waals surface area contributed by atoms with Crippen molar-refractivity contribution < 1.29 is 4.79 Å². The summed E-state index contributed by atoms with van der Waals surface area (Å²) in [6.45, 7) is 4.65. The minimum atomic E-state index is -0.00670. The molecule has 8 nitrogen and oxygen atoms in total. The molecule has 0 unspecified atom stereocenters. The van der Waals surface area contributed by atoms with Gasteiger partial charge in [-0.2, -0.15) is 0 Å². The monoisotopic (exact) mass is 351 g/mol. The van der Waals surface area contributed by atoms with Crippen LogP contribution in [0, 0.1) is 0 Å². The Kier molecular flexibility index (Phi) is 4.47. The van der Waals surface area contributed by atoms with Gasteiger partial charge in [0.1, 0.15) is 0 Å². The number of aryl methyl sites for hydroxylation is 1. The minimum absolute atomic E-state index is 0.00670. The molecule has 0 bridgehead atoms. The highest BCUT2D eigenvalue weighted by Gasteiger charge is 2.23. The van der Waals surface area contributed by atoms with Crippen LogP contribution >= 0.6 is 0 Å². The number of carbonyl (C=O) groups is 1. The Labute approximate surface area is 151 Å². The third kappa shape index (κ3) is 3.22. The molecule has 3 aromatic heterocycles. The zero-order valence-electron chi connectivity index (χ0n) is 14.7. The van der Waals surface area contributed by atoms with Crippen LogP contribution in [0.3, 0.4) is 0 Å². The van der Waals surface area contributed by atoms with Crippen molar-refractivity contribution >= 4 is 5.91 Å². The van der Waals surface area contributed by atoms with E-state index in [0.717, 1.165) is 36.7 Å². The Balaban J connectivity index is 1.52. The van der Waals surface area contributed by atoms with E-state index in [2.05, 4.69) is 24.7 Å². The van der Waals surface area contributed by atoms with Crippen LogP contribution in [0.25, 0.3) is 0 Å². The summed E-state index contributed by atoms with van der Waals surface area (Å²) < 4.78 is 4.08. The maximum atomic E-state index is 12.8. The second-order valence-corrected chi connectivity index (χ2v) is 6.39. The molecular formula is C18H21N7O. The van der Waals surface area contributed by atoms with E-state index < -0.39 is 0 Å². The number of hydrogen-bond acceptors (Lipinski definition) is 5. The third-order valence-electron chi connectivity index (χ3n) is 4.65. The zero-order chi connectivity index (χ0) is 17.9. The van der Waals surface area contributed by atoms with Gasteiger partial charge in [-0.05, 0) is 25.0 Å². The molecule has 8 heteroatoms. The molecule has 4 heterocycles. The van der Waals surface area contributed by atoms with Crippen molar-refractivity contribution in [2.75, 3.05) is 6.54 Å². The molecule has 0 saturated carbocycles. The van der Waals surface area contributed by atoms with Crippen LogP contribution in [0.1, 0.15) is 41.0 Å². The summed E-state index contributed by atoms with van der Waals surface area (Å²) in [5.41, 5.74) is 1.61. The first-order chi connectivity index (χ1) is 12.7. The molecule has 3 aromatic rings. The Morgan fingerprint density at radius 1 is 1.23 bits per heavy atom. The Morgan fingerprint density at radius 2 is 2.15 bits per heavy atom. The van der Waals surface area contributed by atoms with Gasteiger partial charge >= 0.3 is 0 Å². The number of rotatable bonds is 4. The molecule has 0 radical (unpaired) electrons. The molecule has 0 fully saturated rings. The van der Waals surface area contributed by atoms with Crippen LogP contribution in [0.15, 0.2) is 37.1 Å². The first kappa shape index (κ1) is 16.4. The highest BCUT2D eigenvalue weighted by atomic mass is 16.2. The molecule has 0 spiro atoms. The molecule has 0 atom stereocenters. The van der Waals surface area contributed by atoms with Crippen LogP contribution in [0.2, 0.25) is 0 Å². The van der Waals surface area contributed by atoms with Crippen molar-refractivity contribution in [3.63, 3.8) is 0 Å². The van der Waals surface area contributed by atoms with E-state index in [-0.39, 0.29) is 5.91 Å². The lowest BCUT2D eigenvalue weighted by Gasteiger charge is -2.19. The number of aromatic nitrogens is 6. The van der Waals surface area contributed by atoms with Crippen molar-refractivity contribution in [1.29, 1.82) is 0 Å². The lowest BCUT2D eigenvalue weighted by Crippen LogP contribution is -2.31. The molecule has 0 N–H and O–H groups in total. The molecule has 0 saturated heterocycles. The average molecular weight is 351 g/mol. The van der Waals surface area contributed by atoms with Crippen LogP contribution < -0.4 is 0 Å². The normalized spacial score (nSPS) is 14.1. The van der Waals surface area contributed by atoms with Gasteiger partial charge in [-0.25, -0.2) is 4.98 Å². The quantitative estimate of drug-likeness (QED) is 0.712. The van der Waals surface area contributed by atoms with Gasteiger partial charge in [-0.3, -0.25) is 9.78 Å². The van der Waals surface area contributed by atoms with E-state index >= 15 is 0 Å². The summed E-state index contributed by atoms with van der Waals surface area (Å²) >= 11 is 0. The smallest absolute Gasteiger partial charge is 0.255 e. The van der Waals surface area contributed by atoms with E-state index in [9.17, 15) is 4.79 Å². The zero-order valence-corrected chi connectivity index (χ0v) is 14.7. The summed E-state index contributed by atoms with van der Waals surface area (Å²) in [5, 5.41) is 8.64. The van der Waals surface area contributed by atoms with Crippen molar-refractivity contribution in [1.82, 2.24) is 34.2 Å². The van der Waals surface area contributed by atoms with E-state index in [1.807, 2.05) is 34.7 Å². The summed E-state index contributed by atoms with van der Waals surface area (Å²) in [6, 6.07) is 3.77. The van der Waals surface area contributed by atoms with Gasteiger partial charge < -0.3 is 14.0 Å². The number of hydrogen-bond donors (Lipinski definition) is 0. The van der Waals surface area contributed by atoms with Crippen molar-refractivity contribution in [3.05, 3.63) is 60.0 Å². The van der Waals surface area contributed by atoms with Gasteiger partial charge in [0.2, 0.25) is 0 Å². The maximum Gasteiger partial charge on any atom is 0.255 e. The topological polar surface area (TPSA) is 81.7 Å². The summed E-state index contributed by atoms with van der Waals surface area (Å²) in [5.74, 6) is 1.71. The van der Waals surface area contributed by atoms with Crippen molar-refractivity contribution in [3.8, 4) is 0 Å². The SMILES string of the molecule is CCc1ccc(C(=O)N2CCCn3c(nnc3Cn3ccnc3)C2)cn1. The Bertz CT molecular complexity index is 883. The second kappa shape index (κ2) is 7.07. The molecule has 0 aliphatic carbocycles. The van der Waals surface area contributed by atoms with Crippen molar-refractivity contribution in [2.45, 2.75) is 39.4 Å². The molecule has 26 heavy (non-hydrogen) atoms. The van der Waals surface area contributed by atoms with E-state index in [1.54, 1.807) is 18.7 Å². The summed E-state index contributed by atoms with van der Waals surface area (Å²) in [6.07, 6.45) is 8.82. The maximum absolute atomic E-state index is 12.8. The largest absolute Gasteiger partial charge is 0.331 e. The van der Waals surface area contributed by atoms with Crippen LogP contribution in [0.5, 0.6) is 0 Å². The fourth-order valence-corrected chi connectivity index (χ4v) is 3.19. The number of imidazole rings is 1. The van der Waals surface area contributed by atoms with Gasteiger partial charge in [0.05, 0.1) is 25.0 Å². The molecule has 1 amide bonds. The van der Waals surface area contributed by atoms with Gasteiger partial charge in [-0.1, -0.05) is 6.92 Å². The highest BCUT2D eigenvalue weighted by Crippen LogP contribution is 2.16. The van der Waals surface area contributed by atoms with Gasteiger partial charge in [0, 0.05) is 37.4 Å². The molecule has 1 aliphatic heterocycles. The van der Waals surface area contributed by atoms with Gasteiger partial charge in [0.25, 0.3) is 5.91 Å². The van der Waals surface area contributed by atoms with Crippen LogP contribution in [0.4, 0.5) is 0 Å². The summed E-state index contributed by atoms with van der Waals surface area (Å²) in [4.78, 5) is 23.1. The predicted octanol–water partition coefficient (Wildman–Crippen LogP) is 1.53. The number of nitrogens with zero attached hydrogens (tertiary/aromatic N) is 7. The van der Waals surface area contributed by atoms with Crippen molar-refractivity contribution in [2.24, 2.45) is 0 Å². The molecule has 4 rings (SSSR count).